The van der Waals surface area contributed by atoms with Gasteiger partial charge in [0.2, 0.25) is 0 Å². The predicted octanol–water partition coefficient (Wildman–Crippen LogP) is 1.43. The van der Waals surface area contributed by atoms with E-state index in [9.17, 15) is 4.79 Å². The summed E-state index contributed by atoms with van der Waals surface area (Å²) < 4.78 is 0. The van der Waals surface area contributed by atoms with E-state index in [1.165, 1.54) is 5.56 Å². The lowest BCUT2D eigenvalue weighted by Crippen LogP contribution is -2.34. The highest BCUT2D eigenvalue weighted by atomic mass is 16.2. The van der Waals surface area contributed by atoms with Crippen LogP contribution in [0.2, 0.25) is 0 Å². The van der Waals surface area contributed by atoms with Crippen molar-refractivity contribution in [1.82, 2.24) is 10.2 Å². The van der Waals surface area contributed by atoms with Crippen molar-refractivity contribution in [3.05, 3.63) is 35.4 Å². The van der Waals surface area contributed by atoms with E-state index in [4.69, 9.17) is 0 Å². The minimum absolute atomic E-state index is 0.156. The molecule has 16 heavy (non-hydrogen) atoms. The summed E-state index contributed by atoms with van der Waals surface area (Å²) in [7, 11) is 0. The van der Waals surface area contributed by atoms with Crippen LogP contribution in [0.4, 0.5) is 0 Å². The molecule has 0 spiro atoms. The number of carbonyl (C=O) groups is 1. The standard InChI is InChI=1S/C13H18N2O/c1-11-3-5-12(6-4-11)13(16)15-9-2-7-14-8-10-15/h3-6,14H,2,7-10H2,1H3. The Kier molecular flexibility index (Phi) is 3.57. The van der Waals surface area contributed by atoms with Crippen molar-refractivity contribution in [3.63, 3.8) is 0 Å². The fourth-order valence-electron chi connectivity index (χ4n) is 1.93. The van der Waals surface area contributed by atoms with Gasteiger partial charge in [0, 0.05) is 25.2 Å². The SMILES string of the molecule is Cc1ccc(C(=O)N2CCCNCC2)cc1. The molecule has 1 aromatic carbocycles. The van der Waals surface area contributed by atoms with Crippen LogP contribution in [-0.4, -0.2) is 37.0 Å². The lowest BCUT2D eigenvalue weighted by atomic mass is 10.1. The molecule has 3 nitrogen and oxygen atoms in total. The second kappa shape index (κ2) is 5.12. The van der Waals surface area contributed by atoms with Gasteiger partial charge in [0.15, 0.2) is 0 Å². The van der Waals surface area contributed by atoms with Crippen LogP contribution < -0.4 is 5.32 Å². The van der Waals surface area contributed by atoms with Crippen molar-refractivity contribution in [3.8, 4) is 0 Å². The van der Waals surface area contributed by atoms with Gasteiger partial charge in [0.05, 0.1) is 0 Å². The zero-order valence-electron chi connectivity index (χ0n) is 9.70. The van der Waals surface area contributed by atoms with Gasteiger partial charge in [-0.25, -0.2) is 0 Å². The van der Waals surface area contributed by atoms with Gasteiger partial charge >= 0.3 is 0 Å². The summed E-state index contributed by atoms with van der Waals surface area (Å²) in [6.07, 6.45) is 1.04. The van der Waals surface area contributed by atoms with Gasteiger partial charge < -0.3 is 10.2 Å². The second-order valence-corrected chi connectivity index (χ2v) is 4.26. The normalized spacial score (nSPS) is 16.9. The molecule has 86 valence electrons. The predicted molar refractivity (Wildman–Crippen MR) is 64.6 cm³/mol. The number of amides is 1. The Morgan fingerprint density at radius 3 is 2.69 bits per heavy atom. The molecule has 3 heteroatoms. The van der Waals surface area contributed by atoms with Crippen LogP contribution in [0, 0.1) is 6.92 Å². The molecular formula is C13H18N2O. The number of rotatable bonds is 1. The van der Waals surface area contributed by atoms with E-state index in [0.717, 1.165) is 38.2 Å². The van der Waals surface area contributed by atoms with Gasteiger partial charge in [-0.15, -0.1) is 0 Å². The second-order valence-electron chi connectivity index (χ2n) is 4.26. The molecule has 1 aliphatic heterocycles. The van der Waals surface area contributed by atoms with Crippen LogP contribution in [-0.2, 0) is 0 Å². The molecule has 0 saturated carbocycles. The van der Waals surface area contributed by atoms with E-state index < -0.39 is 0 Å². The van der Waals surface area contributed by atoms with Crippen LogP contribution >= 0.6 is 0 Å². The lowest BCUT2D eigenvalue weighted by molar-refractivity contribution is 0.0766. The number of nitrogens with one attached hydrogen (secondary N) is 1. The molecule has 1 aromatic rings. The summed E-state index contributed by atoms with van der Waals surface area (Å²) in [6, 6.07) is 7.80. The first kappa shape index (κ1) is 11.1. The van der Waals surface area contributed by atoms with Crippen molar-refractivity contribution in [2.75, 3.05) is 26.2 Å². The summed E-state index contributed by atoms with van der Waals surface area (Å²) in [6.45, 7) is 5.62. The molecule has 1 fully saturated rings. The van der Waals surface area contributed by atoms with Gasteiger partial charge in [0.25, 0.3) is 5.91 Å². The summed E-state index contributed by atoms with van der Waals surface area (Å²) in [4.78, 5) is 14.1. The summed E-state index contributed by atoms with van der Waals surface area (Å²) >= 11 is 0. The maximum atomic E-state index is 12.2. The van der Waals surface area contributed by atoms with Gasteiger partial charge in [0.1, 0.15) is 0 Å². The van der Waals surface area contributed by atoms with Crippen LogP contribution in [0.5, 0.6) is 0 Å². The van der Waals surface area contributed by atoms with E-state index in [2.05, 4.69) is 5.32 Å². The lowest BCUT2D eigenvalue weighted by Gasteiger charge is -2.19. The van der Waals surface area contributed by atoms with Crippen LogP contribution in [0.3, 0.4) is 0 Å². The summed E-state index contributed by atoms with van der Waals surface area (Å²) in [5, 5.41) is 3.30. The van der Waals surface area contributed by atoms with Gasteiger partial charge in [-0.3, -0.25) is 4.79 Å². The zero-order chi connectivity index (χ0) is 11.4. The third-order valence-corrected chi connectivity index (χ3v) is 2.93. The molecule has 2 rings (SSSR count). The number of hydrogen-bond donors (Lipinski definition) is 1. The first-order valence-corrected chi connectivity index (χ1v) is 5.84. The highest BCUT2D eigenvalue weighted by Gasteiger charge is 2.16. The van der Waals surface area contributed by atoms with Crippen molar-refractivity contribution in [1.29, 1.82) is 0 Å². The molecule has 1 heterocycles. The van der Waals surface area contributed by atoms with Gasteiger partial charge in [-0.1, -0.05) is 17.7 Å². The molecule has 1 N–H and O–H groups in total. The Bertz CT molecular complexity index is 351. The smallest absolute Gasteiger partial charge is 0.253 e. The summed E-state index contributed by atoms with van der Waals surface area (Å²) in [5.74, 6) is 0.156. The Morgan fingerprint density at radius 1 is 1.19 bits per heavy atom. The monoisotopic (exact) mass is 218 g/mol. The molecule has 1 amide bonds. The largest absolute Gasteiger partial charge is 0.337 e. The highest BCUT2D eigenvalue weighted by molar-refractivity contribution is 5.94. The number of hydrogen-bond acceptors (Lipinski definition) is 2. The minimum Gasteiger partial charge on any atom is -0.337 e. The maximum Gasteiger partial charge on any atom is 0.253 e. The average molecular weight is 218 g/mol. The number of benzene rings is 1. The molecule has 0 unspecified atom stereocenters. The minimum atomic E-state index is 0.156. The van der Waals surface area contributed by atoms with E-state index in [0.29, 0.717) is 0 Å². The van der Waals surface area contributed by atoms with Gasteiger partial charge in [-0.05, 0) is 32.0 Å². The molecular weight excluding hydrogens is 200 g/mol. The Labute approximate surface area is 96.5 Å². The third kappa shape index (κ3) is 2.61. The Balaban J connectivity index is 2.08. The van der Waals surface area contributed by atoms with Crippen molar-refractivity contribution >= 4 is 5.91 Å². The quantitative estimate of drug-likeness (QED) is 0.773. The molecule has 0 aliphatic carbocycles. The van der Waals surface area contributed by atoms with Crippen molar-refractivity contribution in [2.45, 2.75) is 13.3 Å². The maximum absolute atomic E-state index is 12.2. The Hall–Kier alpha value is -1.35. The first-order valence-electron chi connectivity index (χ1n) is 5.84. The molecule has 1 saturated heterocycles. The fourth-order valence-corrected chi connectivity index (χ4v) is 1.93. The van der Waals surface area contributed by atoms with Gasteiger partial charge in [-0.2, -0.15) is 0 Å². The van der Waals surface area contributed by atoms with Crippen molar-refractivity contribution in [2.24, 2.45) is 0 Å². The molecule has 0 bridgehead atoms. The zero-order valence-corrected chi connectivity index (χ0v) is 9.70. The van der Waals surface area contributed by atoms with E-state index in [1.807, 2.05) is 36.1 Å². The summed E-state index contributed by atoms with van der Waals surface area (Å²) in [5.41, 5.74) is 1.99. The topological polar surface area (TPSA) is 32.3 Å². The first-order chi connectivity index (χ1) is 7.77. The molecule has 0 radical (unpaired) electrons. The van der Waals surface area contributed by atoms with Crippen molar-refractivity contribution < 1.29 is 4.79 Å². The molecule has 1 aliphatic rings. The fraction of sp³-hybridized carbons (Fsp3) is 0.462. The molecule has 0 aromatic heterocycles. The number of carbonyl (C=O) groups excluding carboxylic acids is 1. The van der Waals surface area contributed by atoms with E-state index >= 15 is 0 Å². The third-order valence-electron chi connectivity index (χ3n) is 2.93. The van der Waals surface area contributed by atoms with Crippen LogP contribution in [0.15, 0.2) is 24.3 Å². The Morgan fingerprint density at radius 2 is 1.94 bits per heavy atom. The van der Waals surface area contributed by atoms with Crippen LogP contribution in [0.25, 0.3) is 0 Å². The van der Waals surface area contributed by atoms with Crippen LogP contribution in [0.1, 0.15) is 22.3 Å². The molecule has 0 atom stereocenters. The number of aryl methyl sites for hydroxylation is 1. The highest BCUT2D eigenvalue weighted by Crippen LogP contribution is 2.08. The average Bonchev–Trinajstić information content (AvgIpc) is 2.57. The number of nitrogens with zero attached hydrogens (tertiary/aromatic N) is 1. The van der Waals surface area contributed by atoms with E-state index in [-0.39, 0.29) is 5.91 Å². The van der Waals surface area contributed by atoms with E-state index in [1.54, 1.807) is 0 Å².